The molecule has 0 atom stereocenters. The van der Waals surface area contributed by atoms with E-state index in [4.69, 9.17) is 18.0 Å². The zero-order valence-electron chi connectivity index (χ0n) is 7.22. The molecule has 0 amide bonds. The fraction of sp³-hybridized carbons (Fsp3) is 0.444. The lowest BCUT2D eigenvalue weighted by Crippen LogP contribution is -2.00. The average Bonchev–Trinajstić information content (AvgIpc) is 2.51. The first-order chi connectivity index (χ1) is 6.33. The molecule has 0 bridgehead atoms. The number of rotatable bonds is 5. The highest BCUT2D eigenvalue weighted by molar-refractivity contribution is 7.14. The Morgan fingerprint density at radius 2 is 2.46 bits per heavy atom. The van der Waals surface area contributed by atoms with Gasteiger partial charge in [-0.05, 0) is 12.8 Å². The molecule has 0 saturated heterocycles. The van der Waals surface area contributed by atoms with Crippen LogP contribution in [0.15, 0.2) is 5.38 Å². The summed E-state index contributed by atoms with van der Waals surface area (Å²) in [6.45, 7) is 0.908. The van der Waals surface area contributed by atoms with Crippen molar-refractivity contribution < 1.29 is 0 Å². The summed E-state index contributed by atoms with van der Waals surface area (Å²) < 4.78 is 0. The third-order valence-corrected chi connectivity index (χ3v) is 2.62. The van der Waals surface area contributed by atoms with Gasteiger partial charge in [0.05, 0.1) is 0 Å². The predicted octanol–water partition coefficient (Wildman–Crippen LogP) is 3.01. The Morgan fingerprint density at radius 1 is 1.62 bits per heavy atom. The van der Waals surface area contributed by atoms with Crippen molar-refractivity contribution in [3.63, 3.8) is 0 Å². The number of aromatic nitrogens is 1. The van der Waals surface area contributed by atoms with Crippen LogP contribution in [0.2, 0.25) is 5.15 Å². The van der Waals surface area contributed by atoms with Gasteiger partial charge in [0.2, 0.25) is 0 Å². The maximum Gasteiger partial charge on any atom is 0.184 e. The van der Waals surface area contributed by atoms with Crippen LogP contribution in [0, 0.1) is 12.3 Å². The van der Waals surface area contributed by atoms with Gasteiger partial charge in [-0.15, -0.1) is 23.7 Å². The second-order valence-electron chi connectivity index (χ2n) is 2.56. The van der Waals surface area contributed by atoms with Crippen molar-refractivity contribution in [3.05, 3.63) is 10.5 Å². The Labute approximate surface area is 87.3 Å². The van der Waals surface area contributed by atoms with E-state index in [-0.39, 0.29) is 0 Å². The molecule has 1 N–H and O–H groups in total. The monoisotopic (exact) mass is 214 g/mol. The van der Waals surface area contributed by atoms with Gasteiger partial charge >= 0.3 is 0 Å². The van der Waals surface area contributed by atoms with Crippen molar-refractivity contribution in [1.82, 2.24) is 4.98 Å². The van der Waals surface area contributed by atoms with E-state index < -0.39 is 0 Å². The van der Waals surface area contributed by atoms with Gasteiger partial charge in [0.25, 0.3) is 0 Å². The van der Waals surface area contributed by atoms with Gasteiger partial charge in [0.15, 0.2) is 5.13 Å². The van der Waals surface area contributed by atoms with Crippen LogP contribution in [0.25, 0.3) is 0 Å². The first kappa shape index (κ1) is 10.4. The maximum atomic E-state index is 5.66. The lowest BCUT2D eigenvalue weighted by Gasteiger charge is -1.99. The van der Waals surface area contributed by atoms with Crippen LogP contribution in [0.5, 0.6) is 0 Å². The summed E-state index contributed by atoms with van der Waals surface area (Å²) in [5.74, 6) is 2.61. The molecule has 0 aliphatic rings. The highest BCUT2D eigenvalue weighted by Gasteiger charge is 1.96. The van der Waals surface area contributed by atoms with Gasteiger partial charge < -0.3 is 5.32 Å². The van der Waals surface area contributed by atoms with Crippen molar-refractivity contribution >= 4 is 28.1 Å². The molecule has 1 aromatic heterocycles. The molecule has 13 heavy (non-hydrogen) atoms. The number of halogens is 1. The van der Waals surface area contributed by atoms with Crippen molar-refractivity contribution in [2.45, 2.75) is 19.3 Å². The highest BCUT2D eigenvalue weighted by Crippen LogP contribution is 2.18. The SMILES string of the molecule is C#CCCCCNc1nc(Cl)cs1. The standard InChI is InChI=1S/C9H11ClN2S/c1-2-3-4-5-6-11-9-12-8(10)7-13-9/h1,7H,3-6H2,(H,11,12). The van der Waals surface area contributed by atoms with E-state index in [2.05, 4.69) is 16.2 Å². The molecule has 0 fully saturated rings. The number of nitrogens with one attached hydrogen (secondary N) is 1. The number of nitrogens with zero attached hydrogens (tertiary/aromatic N) is 1. The molecule has 70 valence electrons. The van der Waals surface area contributed by atoms with Crippen molar-refractivity contribution in [2.75, 3.05) is 11.9 Å². The summed E-state index contributed by atoms with van der Waals surface area (Å²) >= 11 is 7.17. The number of hydrogen-bond donors (Lipinski definition) is 1. The topological polar surface area (TPSA) is 24.9 Å². The number of anilines is 1. The van der Waals surface area contributed by atoms with Crippen molar-refractivity contribution in [1.29, 1.82) is 0 Å². The normalized spacial score (nSPS) is 9.54. The Morgan fingerprint density at radius 3 is 3.08 bits per heavy atom. The van der Waals surface area contributed by atoms with Gasteiger partial charge in [-0.1, -0.05) is 11.6 Å². The molecule has 4 heteroatoms. The highest BCUT2D eigenvalue weighted by atomic mass is 35.5. The van der Waals surface area contributed by atoms with Gasteiger partial charge in [-0.3, -0.25) is 0 Å². The molecule has 0 aliphatic carbocycles. The second kappa shape index (κ2) is 5.85. The van der Waals surface area contributed by atoms with Gasteiger partial charge in [-0.25, -0.2) is 4.98 Å². The van der Waals surface area contributed by atoms with Gasteiger partial charge in [0, 0.05) is 18.3 Å². The Hall–Kier alpha value is -0.720. The summed E-state index contributed by atoms with van der Waals surface area (Å²) in [4.78, 5) is 4.06. The molecular weight excluding hydrogens is 204 g/mol. The van der Waals surface area contributed by atoms with Crippen molar-refractivity contribution in [3.8, 4) is 12.3 Å². The van der Waals surface area contributed by atoms with Crippen LogP contribution in [-0.4, -0.2) is 11.5 Å². The smallest absolute Gasteiger partial charge is 0.184 e. The lowest BCUT2D eigenvalue weighted by atomic mass is 10.2. The molecule has 0 aliphatic heterocycles. The second-order valence-corrected chi connectivity index (χ2v) is 3.81. The first-order valence-corrected chi connectivity index (χ1v) is 5.37. The van der Waals surface area contributed by atoms with E-state index in [1.807, 2.05) is 5.38 Å². The van der Waals surface area contributed by atoms with Gasteiger partial charge in [0.1, 0.15) is 5.15 Å². The first-order valence-electron chi connectivity index (χ1n) is 4.11. The fourth-order valence-corrected chi connectivity index (χ4v) is 1.75. The van der Waals surface area contributed by atoms with Crippen molar-refractivity contribution in [2.24, 2.45) is 0 Å². The molecule has 2 nitrogen and oxygen atoms in total. The summed E-state index contributed by atoms with van der Waals surface area (Å²) in [5.41, 5.74) is 0. The molecule has 0 spiro atoms. The fourth-order valence-electron chi connectivity index (χ4n) is 0.883. The molecule has 1 aromatic rings. The maximum absolute atomic E-state index is 5.66. The Bertz CT molecular complexity index is 290. The van der Waals surface area contributed by atoms with Crippen LogP contribution < -0.4 is 5.32 Å². The molecule has 1 heterocycles. The summed E-state index contributed by atoms with van der Waals surface area (Å²) in [7, 11) is 0. The van der Waals surface area contributed by atoms with Crippen LogP contribution in [0.3, 0.4) is 0 Å². The van der Waals surface area contributed by atoms with E-state index in [0.29, 0.717) is 5.15 Å². The summed E-state index contributed by atoms with van der Waals surface area (Å²) in [6, 6.07) is 0. The number of terminal acetylenes is 1. The van der Waals surface area contributed by atoms with Crippen LogP contribution in [0.1, 0.15) is 19.3 Å². The molecule has 1 rings (SSSR count). The summed E-state index contributed by atoms with van der Waals surface area (Å²) in [6.07, 6.45) is 8.10. The third-order valence-electron chi connectivity index (χ3n) is 1.50. The minimum atomic E-state index is 0.552. The molecule has 0 saturated carbocycles. The van der Waals surface area contributed by atoms with E-state index in [9.17, 15) is 0 Å². The molecular formula is C9H11ClN2S. The molecule has 0 radical (unpaired) electrons. The lowest BCUT2D eigenvalue weighted by molar-refractivity contribution is 0.789. The van der Waals surface area contributed by atoms with Crippen LogP contribution in [0.4, 0.5) is 5.13 Å². The molecule has 0 unspecified atom stereocenters. The Kier molecular flexibility index (Phi) is 4.66. The zero-order valence-corrected chi connectivity index (χ0v) is 8.79. The average molecular weight is 215 g/mol. The minimum Gasteiger partial charge on any atom is -0.361 e. The van der Waals surface area contributed by atoms with E-state index >= 15 is 0 Å². The van der Waals surface area contributed by atoms with E-state index in [1.54, 1.807) is 0 Å². The third kappa shape index (κ3) is 4.16. The number of unbranched alkanes of at least 4 members (excludes halogenated alkanes) is 2. The number of thiazole rings is 1. The van der Waals surface area contributed by atoms with E-state index in [0.717, 1.165) is 30.9 Å². The largest absolute Gasteiger partial charge is 0.361 e. The quantitative estimate of drug-likeness (QED) is 0.602. The van der Waals surface area contributed by atoms with Crippen LogP contribution >= 0.6 is 22.9 Å². The van der Waals surface area contributed by atoms with E-state index in [1.165, 1.54) is 11.3 Å². The summed E-state index contributed by atoms with van der Waals surface area (Å²) in [5, 5.41) is 6.42. The van der Waals surface area contributed by atoms with Gasteiger partial charge in [-0.2, -0.15) is 0 Å². The Balaban J connectivity index is 2.10. The number of hydrogen-bond acceptors (Lipinski definition) is 3. The van der Waals surface area contributed by atoms with Crippen LogP contribution in [-0.2, 0) is 0 Å². The minimum absolute atomic E-state index is 0.552. The zero-order chi connectivity index (χ0) is 9.52. The molecule has 0 aromatic carbocycles. The predicted molar refractivity (Wildman–Crippen MR) is 58.3 cm³/mol.